The molecule has 1 aromatic carbocycles. The summed E-state index contributed by atoms with van der Waals surface area (Å²) in [5, 5.41) is 23.5. The molecule has 2 aromatic rings. The van der Waals surface area contributed by atoms with Gasteiger partial charge in [0, 0.05) is 24.1 Å². The highest BCUT2D eigenvalue weighted by atomic mass is 16.4. The SMILES string of the molecule is CC(C)(C)NCC(O)c1cc2cccc(CCO)c2o1. The van der Waals surface area contributed by atoms with Crippen LogP contribution in [-0.2, 0) is 6.42 Å². The van der Waals surface area contributed by atoms with Gasteiger partial charge in [-0.05, 0) is 38.8 Å². The molecular weight excluding hydrogens is 254 g/mol. The molecule has 0 saturated carbocycles. The molecule has 4 nitrogen and oxygen atoms in total. The Bertz CT molecular complexity index is 569. The van der Waals surface area contributed by atoms with E-state index in [2.05, 4.69) is 26.1 Å². The summed E-state index contributed by atoms with van der Waals surface area (Å²) in [6, 6.07) is 7.69. The molecule has 1 aromatic heterocycles. The summed E-state index contributed by atoms with van der Waals surface area (Å²) >= 11 is 0. The number of nitrogens with one attached hydrogen (secondary N) is 1. The van der Waals surface area contributed by atoms with E-state index in [1.165, 1.54) is 0 Å². The van der Waals surface area contributed by atoms with E-state index in [-0.39, 0.29) is 12.1 Å². The van der Waals surface area contributed by atoms with Crippen molar-refractivity contribution in [2.75, 3.05) is 13.2 Å². The second-order valence-electron chi connectivity index (χ2n) is 6.10. The lowest BCUT2D eigenvalue weighted by Gasteiger charge is -2.22. The predicted molar refractivity (Wildman–Crippen MR) is 79.7 cm³/mol. The topological polar surface area (TPSA) is 65.6 Å². The van der Waals surface area contributed by atoms with Crippen LogP contribution in [-0.4, -0.2) is 28.9 Å². The van der Waals surface area contributed by atoms with E-state index in [0.717, 1.165) is 16.5 Å². The Morgan fingerprint density at radius 2 is 2.05 bits per heavy atom. The molecule has 1 unspecified atom stereocenters. The van der Waals surface area contributed by atoms with Crippen molar-refractivity contribution in [3.05, 3.63) is 35.6 Å². The van der Waals surface area contributed by atoms with Crippen molar-refractivity contribution in [1.82, 2.24) is 5.32 Å². The highest BCUT2D eigenvalue weighted by Gasteiger charge is 2.17. The van der Waals surface area contributed by atoms with Crippen molar-refractivity contribution >= 4 is 11.0 Å². The fraction of sp³-hybridized carbons (Fsp3) is 0.500. The van der Waals surface area contributed by atoms with Gasteiger partial charge < -0.3 is 19.9 Å². The summed E-state index contributed by atoms with van der Waals surface area (Å²) in [5.74, 6) is 0.558. The number of furan rings is 1. The maximum atomic E-state index is 10.2. The smallest absolute Gasteiger partial charge is 0.137 e. The van der Waals surface area contributed by atoms with Crippen LogP contribution in [0, 0.1) is 0 Å². The molecule has 0 aliphatic carbocycles. The van der Waals surface area contributed by atoms with Crippen LogP contribution in [0.3, 0.4) is 0 Å². The first-order chi connectivity index (χ1) is 9.40. The van der Waals surface area contributed by atoms with Crippen LogP contribution in [0.4, 0.5) is 0 Å². The number of hydrogen-bond donors (Lipinski definition) is 3. The van der Waals surface area contributed by atoms with Crippen LogP contribution < -0.4 is 5.32 Å². The van der Waals surface area contributed by atoms with Gasteiger partial charge in [0.2, 0.25) is 0 Å². The Balaban J connectivity index is 2.20. The molecule has 0 fully saturated rings. The summed E-state index contributed by atoms with van der Waals surface area (Å²) in [7, 11) is 0. The maximum absolute atomic E-state index is 10.2. The largest absolute Gasteiger partial charge is 0.458 e. The Labute approximate surface area is 119 Å². The number of β-amino-alcohol motifs (C(OH)–C–C–N with tert-alkyl or cyclic N) is 1. The molecule has 0 amide bonds. The first-order valence-corrected chi connectivity index (χ1v) is 6.96. The van der Waals surface area contributed by atoms with E-state index in [1.54, 1.807) is 0 Å². The van der Waals surface area contributed by atoms with Crippen molar-refractivity contribution in [3.63, 3.8) is 0 Å². The zero-order valence-electron chi connectivity index (χ0n) is 12.3. The fourth-order valence-corrected chi connectivity index (χ4v) is 2.13. The van der Waals surface area contributed by atoms with Crippen molar-refractivity contribution in [2.24, 2.45) is 0 Å². The molecule has 0 radical (unpaired) electrons. The lowest BCUT2D eigenvalue weighted by Crippen LogP contribution is -2.38. The summed E-state index contributed by atoms with van der Waals surface area (Å²) in [6.45, 7) is 6.69. The second kappa shape index (κ2) is 5.95. The van der Waals surface area contributed by atoms with Gasteiger partial charge in [0.15, 0.2) is 0 Å². The van der Waals surface area contributed by atoms with Gasteiger partial charge in [-0.3, -0.25) is 0 Å². The maximum Gasteiger partial charge on any atom is 0.137 e. The van der Waals surface area contributed by atoms with Crippen LogP contribution in [0.2, 0.25) is 0 Å². The number of benzene rings is 1. The van der Waals surface area contributed by atoms with Crippen LogP contribution in [0.5, 0.6) is 0 Å². The van der Waals surface area contributed by atoms with Gasteiger partial charge in [-0.1, -0.05) is 18.2 Å². The molecule has 0 saturated heterocycles. The Hall–Kier alpha value is -1.36. The van der Waals surface area contributed by atoms with Gasteiger partial charge in [0.1, 0.15) is 17.4 Å². The number of rotatable bonds is 5. The molecule has 3 N–H and O–H groups in total. The first kappa shape index (κ1) is 15.0. The van der Waals surface area contributed by atoms with E-state index < -0.39 is 6.10 Å². The minimum Gasteiger partial charge on any atom is -0.458 e. The molecule has 4 heteroatoms. The Kier molecular flexibility index (Phi) is 4.48. The first-order valence-electron chi connectivity index (χ1n) is 6.96. The molecule has 2 rings (SSSR count). The van der Waals surface area contributed by atoms with Gasteiger partial charge in [0.25, 0.3) is 0 Å². The van der Waals surface area contributed by atoms with Crippen LogP contribution in [0.25, 0.3) is 11.0 Å². The second-order valence-corrected chi connectivity index (χ2v) is 6.10. The zero-order chi connectivity index (χ0) is 14.8. The molecule has 0 spiro atoms. The lowest BCUT2D eigenvalue weighted by molar-refractivity contribution is 0.140. The third-order valence-corrected chi connectivity index (χ3v) is 3.18. The van der Waals surface area contributed by atoms with Crippen molar-refractivity contribution in [3.8, 4) is 0 Å². The molecule has 0 aliphatic rings. The quantitative estimate of drug-likeness (QED) is 0.785. The average molecular weight is 277 g/mol. The van der Waals surface area contributed by atoms with Gasteiger partial charge >= 0.3 is 0 Å². The van der Waals surface area contributed by atoms with Crippen LogP contribution in [0.15, 0.2) is 28.7 Å². The highest BCUT2D eigenvalue weighted by molar-refractivity contribution is 5.81. The molecule has 110 valence electrons. The average Bonchev–Trinajstić information content (AvgIpc) is 2.80. The third kappa shape index (κ3) is 3.60. The summed E-state index contributed by atoms with van der Waals surface area (Å²) in [5.41, 5.74) is 1.67. The van der Waals surface area contributed by atoms with E-state index in [4.69, 9.17) is 9.52 Å². The van der Waals surface area contributed by atoms with Crippen molar-refractivity contribution < 1.29 is 14.6 Å². The number of fused-ring (bicyclic) bond motifs is 1. The molecule has 20 heavy (non-hydrogen) atoms. The van der Waals surface area contributed by atoms with Crippen LogP contribution >= 0.6 is 0 Å². The number of hydrogen-bond acceptors (Lipinski definition) is 4. The highest BCUT2D eigenvalue weighted by Crippen LogP contribution is 2.27. The molecule has 0 bridgehead atoms. The standard InChI is InChI=1S/C16H23NO3/c1-16(2,3)17-10-13(19)14-9-12-6-4-5-11(7-8-18)15(12)20-14/h4-6,9,13,17-19H,7-8,10H2,1-3H3. The molecule has 0 aliphatic heterocycles. The predicted octanol–water partition coefficient (Wildman–Crippen LogP) is 2.39. The van der Waals surface area contributed by atoms with E-state index in [9.17, 15) is 5.11 Å². The van der Waals surface area contributed by atoms with Gasteiger partial charge in [0.05, 0.1) is 0 Å². The summed E-state index contributed by atoms with van der Waals surface area (Å²) in [6.07, 6.45) is -0.121. The summed E-state index contributed by atoms with van der Waals surface area (Å²) in [4.78, 5) is 0. The Morgan fingerprint density at radius 1 is 1.30 bits per heavy atom. The third-order valence-electron chi connectivity index (χ3n) is 3.18. The van der Waals surface area contributed by atoms with Crippen molar-refractivity contribution in [2.45, 2.75) is 38.8 Å². The number of aliphatic hydroxyl groups is 2. The van der Waals surface area contributed by atoms with Gasteiger partial charge in [-0.15, -0.1) is 0 Å². The van der Waals surface area contributed by atoms with E-state index >= 15 is 0 Å². The van der Waals surface area contributed by atoms with Gasteiger partial charge in [-0.2, -0.15) is 0 Å². The number of para-hydroxylation sites is 1. The minimum atomic E-state index is -0.677. The zero-order valence-corrected chi connectivity index (χ0v) is 12.3. The number of aliphatic hydroxyl groups excluding tert-OH is 2. The van der Waals surface area contributed by atoms with Crippen molar-refractivity contribution in [1.29, 1.82) is 0 Å². The van der Waals surface area contributed by atoms with E-state index in [1.807, 2.05) is 24.3 Å². The molecule has 1 heterocycles. The summed E-state index contributed by atoms with van der Waals surface area (Å²) < 4.78 is 5.78. The fourth-order valence-electron chi connectivity index (χ4n) is 2.13. The Morgan fingerprint density at radius 3 is 2.70 bits per heavy atom. The lowest BCUT2D eigenvalue weighted by atomic mass is 10.1. The molecular formula is C16H23NO3. The normalized spacial score (nSPS) is 13.8. The van der Waals surface area contributed by atoms with E-state index in [0.29, 0.717) is 18.7 Å². The van der Waals surface area contributed by atoms with Crippen LogP contribution in [0.1, 0.15) is 38.2 Å². The van der Waals surface area contributed by atoms with Gasteiger partial charge in [-0.25, -0.2) is 0 Å². The minimum absolute atomic E-state index is 0.0466. The molecule has 1 atom stereocenters. The monoisotopic (exact) mass is 277 g/mol.